The van der Waals surface area contributed by atoms with E-state index in [1.54, 1.807) is 0 Å². The number of rotatable bonds is 5. The highest BCUT2D eigenvalue weighted by molar-refractivity contribution is 5.55. The molecular formula is C15H22N4. The number of hydrogen-bond acceptors (Lipinski definition) is 3. The van der Waals surface area contributed by atoms with Crippen LogP contribution in [-0.2, 0) is 7.05 Å². The second-order valence-electron chi connectivity index (χ2n) is 5.00. The molecule has 4 heteroatoms. The zero-order chi connectivity index (χ0) is 13.8. The molecule has 1 N–H and O–H groups in total. The maximum absolute atomic E-state index is 4.80. The van der Waals surface area contributed by atoms with E-state index in [4.69, 9.17) is 4.98 Å². The maximum Gasteiger partial charge on any atom is 0.140 e. The van der Waals surface area contributed by atoms with Crippen LogP contribution in [0.1, 0.15) is 11.7 Å². The molecule has 1 unspecified atom stereocenters. The molecule has 19 heavy (non-hydrogen) atoms. The van der Waals surface area contributed by atoms with Crippen LogP contribution in [0.5, 0.6) is 0 Å². The van der Waals surface area contributed by atoms with Gasteiger partial charge in [0.05, 0.1) is 11.7 Å². The quantitative estimate of drug-likeness (QED) is 0.889. The van der Waals surface area contributed by atoms with Crippen LogP contribution in [0.25, 0.3) is 11.4 Å². The third-order valence-electron chi connectivity index (χ3n) is 3.29. The van der Waals surface area contributed by atoms with Crippen molar-refractivity contribution in [2.24, 2.45) is 7.05 Å². The van der Waals surface area contributed by atoms with Gasteiger partial charge in [-0.25, -0.2) is 4.98 Å². The van der Waals surface area contributed by atoms with E-state index < -0.39 is 0 Å². The molecule has 0 saturated heterocycles. The second kappa shape index (κ2) is 5.99. The summed E-state index contributed by atoms with van der Waals surface area (Å²) in [4.78, 5) is 6.99. The van der Waals surface area contributed by atoms with Crippen molar-refractivity contribution in [1.29, 1.82) is 0 Å². The van der Waals surface area contributed by atoms with Crippen LogP contribution in [0.15, 0.2) is 36.5 Å². The molecule has 0 bridgehead atoms. The zero-order valence-corrected chi connectivity index (χ0v) is 12.1. The molecule has 0 aliphatic heterocycles. The predicted molar refractivity (Wildman–Crippen MR) is 79.0 cm³/mol. The SMILES string of the molecule is CNCC(c1cn(C)c(-c2ccccc2)n1)N(C)C. The van der Waals surface area contributed by atoms with Gasteiger partial charge < -0.3 is 9.88 Å². The highest BCUT2D eigenvalue weighted by Gasteiger charge is 2.18. The van der Waals surface area contributed by atoms with Crippen LogP contribution in [-0.4, -0.2) is 42.1 Å². The van der Waals surface area contributed by atoms with E-state index in [9.17, 15) is 0 Å². The van der Waals surface area contributed by atoms with Crippen molar-refractivity contribution >= 4 is 0 Å². The fourth-order valence-electron chi connectivity index (χ4n) is 2.25. The number of aryl methyl sites for hydroxylation is 1. The first-order valence-corrected chi connectivity index (χ1v) is 6.53. The van der Waals surface area contributed by atoms with Gasteiger partial charge in [-0.15, -0.1) is 0 Å². The minimum absolute atomic E-state index is 0.286. The van der Waals surface area contributed by atoms with E-state index in [2.05, 4.69) is 47.2 Å². The summed E-state index contributed by atoms with van der Waals surface area (Å²) in [5, 5.41) is 3.23. The summed E-state index contributed by atoms with van der Waals surface area (Å²) < 4.78 is 2.09. The summed E-state index contributed by atoms with van der Waals surface area (Å²) in [7, 11) is 8.18. The van der Waals surface area contributed by atoms with Gasteiger partial charge in [0, 0.05) is 25.4 Å². The Labute approximate surface area is 115 Å². The Balaban J connectivity index is 2.35. The highest BCUT2D eigenvalue weighted by atomic mass is 15.2. The van der Waals surface area contributed by atoms with Crippen molar-refractivity contribution in [1.82, 2.24) is 19.8 Å². The average Bonchev–Trinajstić information content (AvgIpc) is 2.78. The monoisotopic (exact) mass is 258 g/mol. The average molecular weight is 258 g/mol. The van der Waals surface area contributed by atoms with Gasteiger partial charge in [-0.3, -0.25) is 4.90 Å². The summed E-state index contributed by atoms with van der Waals surface area (Å²) in [6.07, 6.45) is 2.12. The molecule has 0 aliphatic rings. The molecule has 0 amide bonds. The minimum atomic E-state index is 0.286. The van der Waals surface area contributed by atoms with Crippen molar-refractivity contribution in [3.63, 3.8) is 0 Å². The van der Waals surface area contributed by atoms with Crippen molar-refractivity contribution in [3.8, 4) is 11.4 Å². The largest absolute Gasteiger partial charge is 0.334 e. The molecule has 1 aromatic carbocycles. The summed E-state index contributed by atoms with van der Waals surface area (Å²) >= 11 is 0. The Morgan fingerprint density at radius 2 is 1.95 bits per heavy atom. The number of nitrogens with zero attached hydrogens (tertiary/aromatic N) is 3. The van der Waals surface area contributed by atoms with E-state index in [1.165, 1.54) is 0 Å². The molecule has 4 nitrogen and oxygen atoms in total. The lowest BCUT2D eigenvalue weighted by atomic mass is 10.2. The highest BCUT2D eigenvalue weighted by Crippen LogP contribution is 2.22. The van der Waals surface area contributed by atoms with Crippen molar-refractivity contribution in [3.05, 3.63) is 42.2 Å². The van der Waals surface area contributed by atoms with Gasteiger partial charge in [0.2, 0.25) is 0 Å². The van der Waals surface area contributed by atoms with Crippen molar-refractivity contribution in [2.45, 2.75) is 6.04 Å². The van der Waals surface area contributed by atoms with Crippen LogP contribution in [0.4, 0.5) is 0 Å². The van der Waals surface area contributed by atoms with Crippen LogP contribution >= 0.6 is 0 Å². The van der Waals surface area contributed by atoms with Crippen molar-refractivity contribution in [2.75, 3.05) is 27.7 Å². The third-order valence-corrected chi connectivity index (χ3v) is 3.29. The number of hydrogen-bond donors (Lipinski definition) is 1. The normalized spacial score (nSPS) is 12.9. The third kappa shape index (κ3) is 3.03. The molecular weight excluding hydrogens is 236 g/mol. The molecule has 102 valence electrons. The number of nitrogens with one attached hydrogen (secondary N) is 1. The molecule has 0 saturated carbocycles. The topological polar surface area (TPSA) is 33.1 Å². The van der Waals surface area contributed by atoms with E-state index >= 15 is 0 Å². The summed E-state index contributed by atoms with van der Waals surface area (Å²) in [5.41, 5.74) is 2.25. The molecule has 2 aromatic rings. The first-order valence-electron chi connectivity index (χ1n) is 6.53. The van der Waals surface area contributed by atoms with E-state index in [-0.39, 0.29) is 6.04 Å². The van der Waals surface area contributed by atoms with Crippen LogP contribution in [0.2, 0.25) is 0 Å². The molecule has 2 rings (SSSR count). The Morgan fingerprint density at radius 1 is 1.26 bits per heavy atom. The number of aromatic nitrogens is 2. The summed E-state index contributed by atoms with van der Waals surface area (Å²) in [5.74, 6) is 1.01. The number of benzene rings is 1. The van der Waals surface area contributed by atoms with Gasteiger partial charge >= 0.3 is 0 Å². The van der Waals surface area contributed by atoms with Gasteiger partial charge in [-0.05, 0) is 21.1 Å². The summed E-state index contributed by atoms with van der Waals surface area (Å²) in [6.45, 7) is 0.887. The van der Waals surface area contributed by atoms with Gasteiger partial charge in [-0.2, -0.15) is 0 Å². The standard InChI is InChI=1S/C15H22N4/c1-16-10-14(18(2)3)13-11-19(4)15(17-13)12-8-6-5-7-9-12/h5-9,11,14,16H,10H2,1-4H3. The number of imidazole rings is 1. The molecule has 0 radical (unpaired) electrons. The Kier molecular flexibility index (Phi) is 4.35. The second-order valence-corrected chi connectivity index (χ2v) is 5.00. The lowest BCUT2D eigenvalue weighted by Crippen LogP contribution is -2.29. The fourth-order valence-corrected chi connectivity index (χ4v) is 2.25. The summed E-state index contributed by atoms with van der Waals surface area (Å²) in [6, 6.07) is 10.6. The Morgan fingerprint density at radius 3 is 2.53 bits per heavy atom. The predicted octanol–water partition coefficient (Wildman–Crippen LogP) is 1.91. The van der Waals surface area contributed by atoms with Gasteiger partial charge in [0.1, 0.15) is 5.82 Å². The maximum atomic E-state index is 4.80. The van der Waals surface area contributed by atoms with E-state index in [0.717, 1.165) is 23.6 Å². The molecule has 1 heterocycles. The van der Waals surface area contributed by atoms with Crippen LogP contribution in [0, 0.1) is 0 Å². The van der Waals surface area contributed by atoms with Crippen molar-refractivity contribution < 1.29 is 0 Å². The van der Waals surface area contributed by atoms with E-state index in [0.29, 0.717) is 0 Å². The number of likely N-dealkylation sites (N-methyl/N-ethyl adjacent to an activating group) is 2. The van der Waals surface area contributed by atoms with Crippen LogP contribution < -0.4 is 5.32 Å². The first-order chi connectivity index (χ1) is 9.13. The lowest BCUT2D eigenvalue weighted by Gasteiger charge is -2.21. The molecule has 0 aliphatic carbocycles. The Hall–Kier alpha value is -1.65. The van der Waals surface area contributed by atoms with Crippen LogP contribution in [0.3, 0.4) is 0 Å². The molecule has 0 fully saturated rings. The minimum Gasteiger partial charge on any atom is -0.334 e. The first kappa shape index (κ1) is 13.8. The van der Waals surface area contributed by atoms with Gasteiger partial charge in [0.25, 0.3) is 0 Å². The molecule has 1 aromatic heterocycles. The zero-order valence-electron chi connectivity index (χ0n) is 12.1. The van der Waals surface area contributed by atoms with Gasteiger partial charge in [-0.1, -0.05) is 30.3 Å². The van der Waals surface area contributed by atoms with Gasteiger partial charge in [0.15, 0.2) is 0 Å². The van der Waals surface area contributed by atoms with E-state index in [1.807, 2.05) is 32.3 Å². The Bertz CT molecular complexity index is 516. The molecule has 1 atom stereocenters. The smallest absolute Gasteiger partial charge is 0.140 e. The molecule has 0 spiro atoms. The fraction of sp³-hybridized carbons (Fsp3) is 0.400. The lowest BCUT2D eigenvalue weighted by molar-refractivity contribution is 0.289.